The molecule has 2 nitrogen and oxygen atoms in total. The van der Waals surface area contributed by atoms with Gasteiger partial charge in [0, 0.05) is 6.54 Å². The van der Waals surface area contributed by atoms with Gasteiger partial charge in [-0.15, -0.1) is 0 Å². The van der Waals surface area contributed by atoms with Crippen molar-refractivity contribution in [2.45, 2.75) is 38.8 Å². The Balaban J connectivity index is 1.95. The van der Waals surface area contributed by atoms with E-state index in [2.05, 4.69) is 42.6 Å². The highest BCUT2D eigenvalue weighted by atomic mass is 16.5. The summed E-state index contributed by atoms with van der Waals surface area (Å²) in [5.41, 5.74) is 1.28. The van der Waals surface area contributed by atoms with Crippen LogP contribution in [0, 0.1) is 0 Å². The summed E-state index contributed by atoms with van der Waals surface area (Å²) >= 11 is 0. The van der Waals surface area contributed by atoms with Crippen LogP contribution in [0.15, 0.2) is 36.4 Å². The van der Waals surface area contributed by atoms with E-state index in [1.807, 2.05) is 6.07 Å². The Hall–Kier alpha value is -1.28. The maximum atomic E-state index is 5.96. The summed E-state index contributed by atoms with van der Waals surface area (Å²) < 4.78 is 5.96. The lowest BCUT2D eigenvalue weighted by Gasteiger charge is -2.18. The van der Waals surface area contributed by atoms with E-state index in [9.17, 15) is 0 Å². The van der Waals surface area contributed by atoms with Crippen molar-refractivity contribution in [2.75, 3.05) is 6.54 Å². The molecule has 0 aliphatic heterocycles. The molecule has 1 unspecified atom stereocenters. The molecular weight excluding hydrogens is 210 g/mol. The lowest BCUT2D eigenvalue weighted by Crippen LogP contribution is -2.16. The van der Waals surface area contributed by atoms with Crippen LogP contribution in [0.25, 0.3) is 0 Å². The van der Waals surface area contributed by atoms with E-state index in [1.54, 1.807) is 0 Å². The summed E-state index contributed by atoms with van der Waals surface area (Å²) in [7, 11) is 0. The number of hydrogen-bond acceptors (Lipinski definition) is 2. The van der Waals surface area contributed by atoms with Crippen LogP contribution < -0.4 is 10.1 Å². The molecule has 0 saturated heterocycles. The minimum atomic E-state index is 0.262. The molecule has 1 aliphatic rings. The summed E-state index contributed by atoms with van der Waals surface area (Å²) in [4.78, 5) is 0. The van der Waals surface area contributed by atoms with Gasteiger partial charge in [-0.05, 0) is 49.6 Å². The lowest BCUT2D eigenvalue weighted by atomic mass is 10.1. The van der Waals surface area contributed by atoms with Gasteiger partial charge >= 0.3 is 0 Å². The van der Waals surface area contributed by atoms with Gasteiger partial charge in [0.15, 0.2) is 0 Å². The first kappa shape index (κ1) is 12.2. The van der Waals surface area contributed by atoms with Crippen molar-refractivity contribution in [1.82, 2.24) is 5.32 Å². The largest absolute Gasteiger partial charge is 0.486 e. The van der Waals surface area contributed by atoms with E-state index >= 15 is 0 Å². The Kier molecular flexibility index (Phi) is 4.63. The van der Waals surface area contributed by atoms with Crippen LogP contribution in [0.1, 0.15) is 31.7 Å². The predicted molar refractivity (Wildman–Crippen MR) is 71.2 cm³/mol. The molecular formula is C15H21NO. The van der Waals surface area contributed by atoms with Crippen LogP contribution in [0.4, 0.5) is 0 Å². The van der Waals surface area contributed by atoms with Gasteiger partial charge in [-0.2, -0.15) is 0 Å². The lowest BCUT2D eigenvalue weighted by molar-refractivity contribution is 0.229. The molecule has 0 saturated carbocycles. The molecule has 0 bridgehead atoms. The van der Waals surface area contributed by atoms with Crippen molar-refractivity contribution < 1.29 is 4.74 Å². The third-order valence-electron chi connectivity index (χ3n) is 2.98. The van der Waals surface area contributed by atoms with E-state index in [0.29, 0.717) is 0 Å². The average molecular weight is 231 g/mol. The maximum absolute atomic E-state index is 5.96. The Morgan fingerprint density at radius 1 is 1.41 bits per heavy atom. The van der Waals surface area contributed by atoms with Crippen molar-refractivity contribution in [3.63, 3.8) is 0 Å². The molecule has 1 aromatic rings. The number of rotatable bonds is 5. The summed E-state index contributed by atoms with van der Waals surface area (Å²) in [6, 6.07) is 8.36. The summed E-state index contributed by atoms with van der Waals surface area (Å²) in [6.45, 7) is 4.03. The first-order valence-electron chi connectivity index (χ1n) is 6.51. The predicted octanol–water partition coefficient (Wildman–Crippen LogP) is 3.28. The molecule has 92 valence electrons. The summed E-state index contributed by atoms with van der Waals surface area (Å²) in [5.74, 6) is 0.983. The Morgan fingerprint density at radius 3 is 3.12 bits per heavy atom. The van der Waals surface area contributed by atoms with Crippen molar-refractivity contribution >= 4 is 0 Å². The molecule has 0 spiro atoms. The highest BCUT2D eigenvalue weighted by molar-refractivity contribution is 5.29. The second kappa shape index (κ2) is 6.45. The standard InChI is InChI=1S/C15H21NO/c1-2-16-12-13-7-6-10-15(11-13)17-14-8-4-3-5-9-14/h4,6-8,10-11,14,16H,2-3,5,9,12H2,1H3. The normalized spacial score (nSPS) is 19.2. The highest BCUT2D eigenvalue weighted by Gasteiger charge is 2.09. The van der Waals surface area contributed by atoms with Gasteiger partial charge in [0.1, 0.15) is 11.9 Å². The Morgan fingerprint density at radius 2 is 2.35 bits per heavy atom. The minimum absolute atomic E-state index is 0.262. The fraction of sp³-hybridized carbons (Fsp3) is 0.467. The molecule has 0 aromatic heterocycles. The second-order valence-corrected chi connectivity index (χ2v) is 4.44. The molecule has 2 rings (SSSR count). The van der Waals surface area contributed by atoms with E-state index in [-0.39, 0.29) is 6.10 Å². The summed E-state index contributed by atoms with van der Waals surface area (Å²) in [5, 5.41) is 3.33. The van der Waals surface area contributed by atoms with Crippen LogP contribution in [0.2, 0.25) is 0 Å². The van der Waals surface area contributed by atoms with Crippen LogP contribution in [0.5, 0.6) is 5.75 Å². The molecule has 0 radical (unpaired) electrons. The fourth-order valence-corrected chi connectivity index (χ4v) is 2.05. The highest BCUT2D eigenvalue weighted by Crippen LogP contribution is 2.20. The van der Waals surface area contributed by atoms with Gasteiger partial charge in [0.2, 0.25) is 0 Å². The number of benzene rings is 1. The fourth-order valence-electron chi connectivity index (χ4n) is 2.05. The van der Waals surface area contributed by atoms with Crippen molar-refractivity contribution in [2.24, 2.45) is 0 Å². The molecule has 0 heterocycles. The molecule has 2 heteroatoms. The van der Waals surface area contributed by atoms with E-state index in [0.717, 1.165) is 25.3 Å². The zero-order valence-electron chi connectivity index (χ0n) is 10.5. The topological polar surface area (TPSA) is 21.3 Å². The van der Waals surface area contributed by atoms with Gasteiger partial charge in [0.05, 0.1) is 0 Å². The first-order valence-corrected chi connectivity index (χ1v) is 6.51. The maximum Gasteiger partial charge on any atom is 0.120 e. The summed E-state index contributed by atoms with van der Waals surface area (Å²) in [6.07, 6.45) is 8.22. The Bertz CT molecular complexity index is 373. The first-order chi connectivity index (χ1) is 8.38. The smallest absolute Gasteiger partial charge is 0.120 e. The van der Waals surface area contributed by atoms with Gasteiger partial charge in [-0.1, -0.05) is 25.1 Å². The minimum Gasteiger partial charge on any atom is -0.486 e. The SMILES string of the molecule is CCNCc1cccc(OC2C=CCCC2)c1. The zero-order chi connectivity index (χ0) is 11.9. The molecule has 1 atom stereocenters. The second-order valence-electron chi connectivity index (χ2n) is 4.44. The van der Waals surface area contributed by atoms with Crippen molar-refractivity contribution in [3.05, 3.63) is 42.0 Å². The number of allylic oxidation sites excluding steroid dienone is 1. The van der Waals surface area contributed by atoms with Crippen LogP contribution in [-0.2, 0) is 6.54 Å². The molecule has 17 heavy (non-hydrogen) atoms. The van der Waals surface area contributed by atoms with E-state index in [1.165, 1.54) is 18.4 Å². The monoisotopic (exact) mass is 231 g/mol. The number of hydrogen-bond donors (Lipinski definition) is 1. The molecule has 1 aromatic carbocycles. The van der Waals surface area contributed by atoms with Crippen molar-refractivity contribution in [3.8, 4) is 5.75 Å². The third kappa shape index (κ3) is 3.90. The van der Waals surface area contributed by atoms with Crippen molar-refractivity contribution in [1.29, 1.82) is 0 Å². The van der Waals surface area contributed by atoms with Gasteiger partial charge in [0.25, 0.3) is 0 Å². The number of nitrogens with one attached hydrogen (secondary N) is 1. The quantitative estimate of drug-likeness (QED) is 0.785. The number of ether oxygens (including phenoxy) is 1. The molecule has 1 aliphatic carbocycles. The molecule has 0 fully saturated rings. The zero-order valence-corrected chi connectivity index (χ0v) is 10.5. The van der Waals surface area contributed by atoms with Gasteiger partial charge in [-0.3, -0.25) is 0 Å². The van der Waals surface area contributed by atoms with Crippen LogP contribution in [0.3, 0.4) is 0 Å². The molecule has 0 amide bonds. The van der Waals surface area contributed by atoms with Gasteiger partial charge in [-0.25, -0.2) is 0 Å². The Labute approximate surface area is 104 Å². The van der Waals surface area contributed by atoms with Crippen LogP contribution in [-0.4, -0.2) is 12.6 Å². The van der Waals surface area contributed by atoms with Crippen LogP contribution >= 0.6 is 0 Å². The average Bonchev–Trinajstić information content (AvgIpc) is 2.38. The third-order valence-corrected chi connectivity index (χ3v) is 2.98. The van der Waals surface area contributed by atoms with Gasteiger partial charge < -0.3 is 10.1 Å². The van der Waals surface area contributed by atoms with E-state index in [4.69, 9.17) is 4.74 Å². The van der Waals surface area contributed by atoms with E-state index < -0.39 is 0 Å². The molecule has 1 N–H and O–H groups in total.